The molecule has 1 heterocycles. The summed E-state index contributed by atoms with van der Waals surface area (Å²) in [5, 5.41) is 0. The summed E-state index contributed by atoms with van der Waals surface area (Å²) in [6.45, 7) is 5.87. The third-order valence-electron chi connectivity index (χ3n) is 8.39. The van der Waals surface area contributed by atoms with E-state index in [0.29, 0.717) is 11.3 Å². The van der Waals surface area contributed by atoms with Crippen LogP contribution in [0.15, 0.2) is 54.6 Å². The van der Waals surface area contributed by atoms with Crippen LogP contribution in [0.25, 0.3) is 0 Å². The third kappa shape index (κ3) is 8.73. The van der Waals surface area contributed by atoms with Gasteiger partial charge < -0.3 is 23.5 Å². The zero-order valence-electron chi connectivity index (χ0n) is 25.6. The van der Waals surface area contributed by atoms with Gasteiger partial charge in [-0.2, -0.15) is 13.2 Å². The number of halogens is 3. The molecule has 1 saturated heterocycles. The van der Waals surface area contributed by atoms with Crippen LogP contribution in [0.3, 0.4) is 0 Å². The lowest BCUT2D eigenvalue weighted by Gasteiger charge is -2.38. The Labute approximate surface area is 253 Å². The van der Waals surface area contributed by atoms with Crippen LogP contribution in [0.2, 0.25) is 18.1 Å². The average Bonchev–Trinajstić information content (AvgIpc) is 3.37. The van der Waals surface area contributed by atoms with Gasteiger partial charge in [0.25, 0.3) is 0 Å². The summed E-state index contributed by atoms with van der Waals surface area (Å²) < 4.78 is 65.1. The lowest BCUT2D eigenvalue weighted by molar-refractivity contribution is -0.189. The molecule has 12 heteroatoms. The monoisotopic (exact) mass is 624 g/mol. The number of methoxy groups -OCH3 is 2. The Morgan fingerprint density at radius 2 is 1.56 bits per heavy atom. The summed E-state index contributed by atoms with van der Waals surface area (Å²) in [6, 6.07) is 15.6. The Morgan fingerprint density at radius 1 is 0.930 bits per heavy atom. The molecule has 3 atom stereocenters. The lowest BCUT2D eigenvalue weighted by atomic mass is 10.0. The second-order valence-corrected chi connectivity index (χ2v) is 15.5. The third-order valence-corrected chi connectivity index (χ3v) is 13.0. The smallest absolute Gasteiger partial charge is 0.471 e. The molecule has 0 aliphatic carbocycles. The highest BCUT2D eigenvalue weighted by molar-refractivity contribution is 6.73. The van der Waals surface area contributed by atoms with E-state index >= 15 is 0 Å². The van der Waals surface area contributed by atoms with E-state index in [1.165, 1.54) is 19.1 Å². The van der Waals surface area contributed by atoms with Crippen molar-refractivity contribution in [3.05, 3.63) is 65.7 Å². The molecule has 0 spiro atoms. The molecule has 0 radical (unpaired) electrons. The maximum atomic E-state index is 14.1. The molecule has 0 N–H and O–H groups in total. The first-order chi connectivity index (χ1) is 20.5. The Hall–Kier alpha value is -3.09. The number of nitrogens with zero attached hydrogens (tertiary/aromatic N) is 2. The quantitative estimate of drug-likeness (QED) is 0.227. The van der Waals surface area contributed by atoms with E-state index in [1.54, 1.807) is 24.3 Å². The van der Waals surface area contributed by atoms with Gasteiger partial charge in [0.15, 0.2) is 8.32 Å². The van der Waals surface area contributed by atoms with Crippen molar-refractivity contribution in [3.8, 4) is 5.75 Å². The average molecular weight is 625 g/mol. The molecule has 1 aliphatic rings. The molecule has 0 unspecified atom stereocenters. The van der Waals surface area contributed by atoms with Crippen molar-refractivity contribution >= 4 is 20.3 Å². The van der Waals surface area contributed by atoms with Gasteiger partial charge >= 0.3 is 18.2 Å². The summed E-state index contributed by atoms with van der Waals surface area (Å²) in [5.74, 6) is -1.43. The van der Waals surface area contributed by atoms with Gasteiger partial charge in [0.2, 0.25) is 0 Å². The first kappa shape index (κ1) is 34.4. The molecule has 1 fully saturated rings. The largest absolute Gasteiger partial charge is 0.497 e. The molecule has 2 amide bonds. The minimum Gasteiger partial charge on any atom is -0.497 e. The van der Waals surface area contributed by atoms with Gasteiger partial charge in [-0.1, -0.05) is 63.2 Å². The zero-order valence-corrected chi connectivity index (χ0v) is 26.6. The predicted octanol–water partition coefficient (Wildman–Crippen LogP) is 6.40. The summed E-state index contributed by atoms with van der Waals surface area (Å²) in [6.07, 6.45) is -5.74. The number of hydrogen-bond donors (Lipinski definition) is 0. The van der Waals surface area contributed by atoms with Gasteiger partial charge in [-0.25, -0.2) is 4.79 Å². The van der Waals surface area contributed by atoms with Crippen molar-refractivity contribution in [2.24, 2.45) is 0 Å². The molecule has 238 valence electrons. The molecular formula is C31H43F3N2O6Si. The van der Waals surface area contributed by atoms with Crippen molar-refractivity contribution in [3.63, 3.8) is 0 Å². The fourth-order valence-corrected chi connectivity index (χ4v) is 8.34. The van der Waals surface area contributed by atoms with Gasteiger partial charge in [-0.3, -0.25) is 9.69 Å². The SMILES string of the molecule is CC[Si](CC)(CC)OC[C@H]1[C@@H](N(Cc2ccc(OC)cc2)C(=O)C(F)(F)F)C[C@@H](COC)N1C(=O)OCc1ccccc1. The molecule has 2 aromatic rings. The summed E-state index contributed by atoms with van der Waals surface area (Å²) in [7, 11) is 0.732. The van der Waals surface area contributed by atoms with E-state index in [1.807, 2.05) is 51.1 Å². The Balaban J connectivity index is 2.03. The topological polar surface area (TPSA) is 77.5 Å². The Bertz CT molecular complexity index is 1160. The highest BCUT2D eigenvalue weighted by atomic mass is 28.4. The number of hydrogen-bond acceptors (Lipinski definition) is 6. The van der Waals surface area contributed by atoms with E-state index < -0.39 is 44.6 Å². The van der Waals surface area contributed by atoms with E-state index in [2.05, 4.69) is 0 Å². The zero-order chi connectivity index (χ0) is 31.6. The van der Waals surface area contributed by atoms with Gasteiger partial charge in [-0.15, -0.1) is 0 Å². The van der Waals surface area contributed by atoms with E-state index in [0.717, 1.165) is 28.6 Å². The number of likely N-dealkylation sites (tertiary alicyclic amines) is 1. The number of amides is 2. The maximum absolute atomic E-state index is 14.1. The molecule has 0 bridgehead atoms. The second-order valence-electron chi connectivity index (χ2n) is 10.8. The molecule has 1 aliphatic heterocycles. The van der Waals surface area contributed by atoms with E-state index in [9.17, 15) is 22.8 Å². The predicted molar refractivity (Wildman–Crippen MR) is 159 cm³/mol. The lowest BCUT2D eigenvalue weighted by Crippen LogP contribution is -2.55. The van der Waals surface area contributed by atoms with Crippen LogP contribution in [-0.4, -0.2) is 81.9 Å². The molecule has 0 saturated carbocycles. The number of alkyl halides is 3. The normalized spacial score (nSPS) is 18.9. The minimum atomic E-state index is -5.12. The van der Waals surface area contributed by atoms with Gasteiger partial charge in [0.05, 0.1) is 38.4 Å². The van der Waals surface area contributed by atoms with Crippen molar-refractivity contribution in [2.75, 3.05) is 27.4 Å². The van der Waals surface area contributed by atoms with Gasteiger partial charge in [0, 0.05) is 13.7 Å². The van der Waals surface area contributed by atoms with Crippen LogP contribution in [0.5, 0.6) is 5.75 Å². The number of rotatable bonds is 14. The molecule has 2 aromatic carbocycles. The van der Waals surface area contributed by atoms with E-state index in [-0.39, 0.29) is 32.8 Å². The number of carbonyl (C=O) groups excluding carboxylic acids is 2. The molecule has 8 nitrogen and oxygen atoms in total. The molecule has 43 heavy (non-hydrogen) atoms. The first-order valence-corrected chi connectivity index (χ1v) is 17.2. The summed E-state index contributed by atoms with van der Waals surface area (Å²) in [4.78, 5) is 29.0. The Morgan fingerprint density at radius 3 is 2.09 bits per heavy atom. The fraction of sp³-hybridized carbons (Fsp3) is 0.548. The van der Waals surface area contributed by atoms with Crippen LogP contribution in [0, 0.1) is 0 Å². The van der Waals surface area contributed by atoms with Crippen molar-refractivity contribution in [1.29, 1.82) is 0 Å². The van der Waals surface area contributed by atoms with Crippen LogP contribution in [-0.2, 0) is 31.8 Å². The van der Waals surface area contributed by atoms with E-state index in [4.69, 9.17) is 18.6 Å². The standard InChI is InChI=1S/C31H43F3N2O6Si/c1-6-43(7-2,8-3)42-22-28-27(35(29(37)31(32,33)34)19-23-14-16-26(40-5)17-15-23)18-25(21-39-4)36(28)30(38)41-20-24-12-10-9-11-13-24/h9-17,25,27-28H,6-8,18-22H2,1-5H3/t25-,27-,28-/m0/s1. The first-order valence-electron chi connectivity index (χ1n) is 14.6. The van der Waals surface area contributed by atoms with Crippen LogP contribution in [0.1, 0.15) is 38.3 Å². The van der Waals surface area contributed by atoms with Crippen molar-refractivity contribution < 1.29 is 41.4 Å². The highest BCUT2D eigenvalue weighted by Crippen LogP contribution is 2.35. The van der Waals surface area contributed by atoms with Crippen LogP contribution < -0.4 is 4.74 Å². The Kier molecular flexibility index (Phi) is 12.5. The van der Waals surface area contributed by atoms with Crippen LogP contribution in [0.4, 0.5) is 18.0 Å². The molecular weight excluding hydrogens is 581 g/mol. The number of carbonyl (C=O) groups is 2. The summed E-state index contributed by atoms with van der Waals surface area (Å²) >= 11 is 0. The number of benzene rings is 2. The van der Waals surface area contributed by atoms with Crippen molar-refractivity contribution in [1.82, 2.24) is 9.80 Å². The van der Waals surface area contributed by atoms with Gasteiger partial charge in [-0.05, 0) is 47.8 Å². The van der Waals surface area contributed by atoms with Crippen LogP contribution >= 0.6 is 0 Å². The molecule has 3 rings (SSSR count). The summed E-state index contributed by atoms with van der Waals surface area (Å²) in [5.41, 5.74) is 1.26. The van der Waals surface area contributed by atoms with Gasteiger partial charge in [0.1, 0.15) is 12.4 Å². The number of ether oxygens (including phenoxy) is 3. The highest BCUT2D eigenvalue weighted by Gasteiger charge is 2.53. The molecule has 0 aromatic heterocycles. The second kappa shape index (κ2) is 15.6. The van der Waals surface area contributed by atoms with Crippen molar-refractivity contribution in [2.45, 2.75) is 82.8 Å². The minimum absolute atomic E-state index is 0.0112. The maximum Gasteiger partial charge on any atom is 0.471 e. The fourth-order valence-electron chi connectivity index (χ4n) is 5.70.